The molecule has 2 amide bonds. The molecule has 0 heterocycles. The Hall–Kier alpha value is -1.57. The molecule has 5 nitrogen and oxygen atoms in total. The van der Waals surface area contributed by atoms with Crippen molar-refractivity contribution in [2.75, 3.05) is 20.1 Å². The van der Waals surface area contributed by atoms with Crippen LogP contribution >= 0.6 is 0 Å². The van der Waals surface area contributed by atoms with Crippen LogP contribution in [0.5, 0.6) is 0 Å². The van der Waals surface area contributed by atoms with Gasteiger partial charge in [0.1, 0.15) is 5.92 Å². The zero-order chi connectivity index (χ0) is 14.3. The molecule has 0 rings (SSSR count). The summed E-state index contributed by atoms with van der Waals surface area (Å²) in [5.74, 6) is -0.860. The molecule has 1 unspecified atom stereocenters. The molecule has 0 aromatic rings. The highest BCUT2D eigenvalue weighted by Crippen LogP contribution is 2.12. The summed E-state index contributed by atoms with van der Waals surface area (Å²) in [6.07, 6.45) is 0. The molecule has 0 aromatic carbocycles. The molecule has 0 aliphatic heterocycles. The highest BCUT2D eigenvalue weighted by molar-refractivity contribution is 5.87. The number of nitrogens with one attached hydrogen (secondary N) is 1. The van der Waals surface area contributed by atoms with Crippen molar-refractivity contribution in [2.24, 2.45) is 17.8 Å². The largest absolute Gasteiger partial charge is 0.354 e. The summed E-state index contributed by atoms with van der Waals surface area (Å²) in [7, 11) is 1.55. The van der Waals surface area contributed by atoms with Gasteiger partial charge in [-0.2, -0.15) is 5.26 Å². The van der Waals surface area contributed by atoms with Crippen LogP contribution in [0.3, 0.4) is 0 Å². The van der Waals surface area contributed by atoms with E-state index in [1.165, 1.54) is 4.90 Å². The molecule has 0 aliphatic carbocycles. The highest BCUT2D eigenvalue weighted by Gasteiger charge is 2.25. The van der Waals surface area contributed by atoms with Crippen molar-refractivity contribution in [2.45, 2.75) is 27.7 Å². The van der Waals surface area contributed by atoms with Crippen molar-refractivity contribution >= 4 is 11.8 Å². The standard InChI is InChI=1S/C13H23N3O2/c1-9(2)7-15-12(17)8-16(5)13(18)11(6-14)10(3)4/h9-11H,7-8H2,1-5H3,(H,15,17). The summed E-state index contributed by atoms with van der Waals surface area (Å²) in [6, 6.07) is 1.98. The third-order valence-electron chi connectivity index (χ3n) is 2.54. The van der Waals surface area contributed by atoms with Crippen molar-refractivity contribution in [3.63, 3.8) is 0 Å². The molecule has 0 bridgehead atoms. The number of hydrogen-bond donors (Lipinski definition) is 1. The van der Waals surface area contributed by atoms with Crippen LogP contribution in [0.1, 0.15) is 27.7 Å². The fourth-order valence-electron chi connectivity index (χ4n) is 1.39. The first-order valence-corrected chi connectivity index (χ1v) is 6.20. The molecule has 0 aromatic heterocycles. The fraction of sp³-hybridized carbons (Fsp3) is 0.769. The Labute approximate surface area is 109 Å². The highest BCUT2D eigenvalue weighted by atomic mass is 16.2. The molecule has 102 valence electrons. The Morgan fingerprint density at radius 2 is 1.83 bits per heavy atom. The van der Waals surface area contributed by atoms with E-state index in [0.29, 0.717) is 12.5 Å². The van der Waals surface area contributed by atoms with Crippen LogP contribution in [0.15, 0.2) is 0 Å². The minimum atomic E-state index is -0.687. The van der Waals surface area contributed by atoms with Gasteiger partial charge < -0.3 is 10.2 Å². The number of likely N-dealkylation sites (N-methyl/N-ethyl adjacent to an activating group) is 1. The summed E-state index contributed by atoms with van der Waals surface area (Å²) < 4.78 is 0. The second-order valence-corrected chi connectivity index (χ2v) is 5.24. The average Bonchev–Trinajstić information content (AvgIpc) is 2.26. The van der Waals surface area contributed by atoms with Gasteiger partial charge in [-0.3, -0.25) is 9.59 Å². The Kier molecular flexibility index (Phi) is 7.03. The first kappa shape index (κ1) is 16.4. The maximum atomic E-state index is 11.9. The van der Waals surface area contributed by atoms with Gasteiger partial charge in [-0.25, -0.2) is 0 Å². The predicted molar refractivity (Wildman–Crippen MR) is 69.4 cm³/mol. The Morgan fingerprint density at radius 1 is 1.28 bits per heavy atom. The number of carbonyl (C=O) groups excluding carboxylic acids is 2. The van der Waals surface area contributed by atoms with Gasteiger partial charge in [0.2, 0.25) is 11.8 Å². The zero-order valence-corrected chi connectivity index (χ0v) is 11.9. The summed E-state index contributed by atoms with van der Waals surface area (Å²) in [6.45, 7) is 8.22. The van der Waals surface area contributed by atoms with Crippen molar-refractivity contribution in [1.82, 2.24) is 10.2 Å². The first-order chi connectivity index (χ1) is 8.29. The van der Waals surface area contributed by atoms with E-state index in [1.807, 2.05) is 33.8 Å². The van der Waals surface area contributed by atoms with E-state index in [2.05, 4.69) is 5.32 Å². The fourth-order valence-corrected chi connectivity index (χ4v) is 1.39. The zero-order valence-electron chi connectivity index (χ0n) is 11.9. The van der Waals surface area contributed by atoms with Crippen LogP contribution in [0.25, 0.3) is 0 Å². The molecular formula is C13H23N3O2. The van der Waals surface area contributed by atoms with Crippen molar-refractivity contribution < 1.29 is 9.59 Å². The third kappa shape index (κ3) is 5.67. The lowest BCUT2D eigenvalue weighted by Crippen LogP contribution is -2.42. The van der Waals surface area contributed by atoms with E-state index < -0.39 is 5.92 Å². The number of nitriles is 1. The number of amides is 2. The lowest BCUT2D eigenvalue weighted by atomic mass is 9.96. The lowest BCUT2D eigenvalue weighted by Gasteiger charge is -2.21. The predicted octanol–water partition coefficient (Wildman–Crippen LogP) is 1.01. The second-order valence-electron chi connectivity index (χ2n) is 5.24. The normalized spacial score (nSPS) is 12.1. The number of carbonyl (C=O) groups is 2. The minimum Gasteiger partial charge on any atom is -0.354 e. The Morgan fingerprint density at radius 3 is 2.22 bits per heavy atom. The van der Waals surface area contributed by atoms with Crippen molar-refractivity contribution in [3.8, 4) is 6.07 Å². The molecule has 0 fully saturated rings. The smallest absolute Gasteiger partial charge is 0.240 e. The molecule has 5 heteroatoms. The molecule has 18 heavy (non-hydrogen) atoms. The second kappa shape index (κ2) is 7.70. The topological polar surface area (TPSA) is 73.2 Å². The summed E-state index contributed by atoms with van der Waals surface area (Å²) in [5, 5.41) is 11.7. The molecule has 0 saturated carbocycles. The van der Waals surface area contributed by atoms with Gasteiger partial charge >= 0.3 is 0 Å². The first-order valence-electron chi connectivity index (χ1n) is 6.20. The van der Waals surface area contributed by atoms with Crippen LogP contribution in [0, 0.1) is 29.1 Å². The van der Waals surface area contributed by atoms with Gasteiger partial charge in [0.15, 0.2) is 0 Å². The lowest BCUT2D eigenvalue weighted by molar-refractivity contribution is -0.137. The van der Waals surface area contributed by atoms with E-state index in [4.69, 9.17) is 5.26 Å². The van der Waals surface area contributed by atoms with Crippen LogP contribution in [0.4, 0.5) is 0 Å². The quantitative estimate of drug-likeness (QED) is 0.768. The van der Waals surface area contributed by atoms with Gasteiger partial charge in [0, 0.05) is 13.6 Å². The summed E-state index contributed by atoms with van der Waals surface area (Å²) >= 11 is 0. The Balaban J connectivity index is 4.32. The van der Waals surface area contributed by atoms with Gasteiger partial charge in [-0.15, -0.1) is 0 Å². The molecule has 1 N–H and O–H groups in total. The van der Waals surface area contributed by atoms with E-state index in [9.17, 15) is 9.59 Å². The molecule has 0 radical (unpaired) electrons. The molecule has 1 atom stereocenters. The maximum absolute atomic E-state index is 11.9. The van der Waals surface area contributed by atoms with E-state index in [-0.39, 0.29) is 24.3 Å². The molecule has 0 spiro atoms. The SMILES string of the molecule is CC(C)CNC(=O)CN(C)C(=O)C(C#N)C(C)C. The van der Waals surface area contributed by atoms with Gasteiger partial charge in [-0.1, -0.05) is 27.7 Å². The number of hydrogen-bond acceptors (Lipinski definition) is 3. The van der Waals surface area contributed by atoms with E-state index in [0.717, 1.165) is 0 Å². The van der Waals surface area contributed by atoms with Crippen molar-refractivity contribution in [1.29, 1.82) is 5.26 Å². The van der Waals surface area contributed by atoms with Crippen LogP contribution in [0.2, 0.25) is 0 Å². The molecule has 0 saturated heterocycles. The van der Waals surface area contributed by atoms with Crippen LogP contribution in [-0.2, 0) is 9.59 Å². The maximum Gasteiger partial charge on any atom is 0.240 e. The van der Waals surface area contributed by atoms with E-state index in [1.54, 1.807) is 7.05 Å². The van der Waals surface area contributed by atoms with E-state index >= 15 is 0 Å². The monoisotopic (exact) mass is 253 g/mol. The minimum absolute atomic E-state index is 0.00352. The van der Waals surface area contributed by atoms with Gasteiger partial charge in [0.05, 0.1) is 12.6 Å². The average molecular weight is 253 g/mol. The molecule has 0 aliphatic rings. The number of rotatable bonds is 6. The number of nitrogens with zero attached hydrogens (tertiary/aromatic N) is 2. The summed E-state index contributed by atoms with van der Waals surface area (Å²) in [5.41, 5.74) is 0. The third-order valence-corrected chi connectivity index (χ3v) is 2.54. The summed E-state index contributed by atoms with van der Waals surface area (Å²) in [4.78, 5) is 24.8. The van der Waals surface area contributed by atoms with Crippen molar-refractivity contribution in [3.05, 3.63) is 0 Å². The van der Waals surface area contributed by atoms with Crippen LogP contribution < -0.4 is 5.32 Å². The van der Waals surface area contributed by atoms with Crippen LogP contribution in [-0.4, -0.2) is 36.9 Å². The van der Waals surface area contributed by atoms with Gasteiger partial charge in [0.25, 0.3) is 0 Å². The van der Waals surface area contributed by atoms with Gasteiger partial charge in [-0.05, 0) is 11.8 Å². The molecular weight excluding hydrogens is 230 g/mol. The Bertz CT molecular complexity index is 332.